The van der Waals surface area contributed by atoms with E-state index < -0.39 is 0 Å². The Balaban J connectivity index is 1.60. The Bertz CT molecular complexity index is 1110. The molecular weight excluding hydrogens is 372 g/mol. The molecule has 5 nitrogen and oxygen atoms in total. The highest BCUT2D eigenvalue weighted by atomic mass is 16.2. The second kappa shape index (κ2) is 9.30. The number of hydrogen-bond acceptors (Lipinski definition) is 4. The van der Waals surface area contributed by atoms with Crippen molar-refractivity contribution in [3.05, 3.63) is 121 Å². The summed E-state index contributed by atoms with van der Waals surface area (Å²) in [6, 6.07) is 35.7. The van der Waals surface area contributed by atoms with E-state index in [1.807, 2.05) is 103 Å². The number of benzene rings is 4. The van der Waals surface area contributed by atoms with E-state index in [2.05, 4.69) is 15.7 Å². The van der Waals surface area contributed by atoms with Crippen LogP contribution in [0.25, 0.3) is 0 Å². The Morgan fingerprint density at radius 3 is 1.70 bits per heavy atom. The van der Waals surface area contributed by atoms with Gasteiger partial charge in [0.15, 0.2) is 0 Å². The van der Waals surface area contributed by atoms with Crippen LogP contribution in [0.5, 0.6) is 0 Å². The highest BCUT2D eigenvalue weighted by molar-refractivity contribution is 6.07. The van der Waals surface area contributed by atoms with E-state index in [0.717, 1.165) is 11.4 Å². The summed E-state index contributed by atoms with van der Waals surface area (Å²) < 4.78 is 0. The van der Waals surface area contributed by atoms with Crippen LogP contribution in [0.3, 0.4) is 0 Å². The van der Waals surface area contributed by atoms with Crippen molar-refractivity contribution in [1.82, 2.24) is 0 Å². The molecule has 1 amide bonds. The van der Waals surface area contributed by atoms with Crippen LogP contribution in [-0.4, -0.2) is 5.91 Å². The zero-order valence-electron chi connectivity index (χ0n) is 16.2. The molecule has 0 aromatic heterocycles. The van der Waals surface area contributed by atoms with E-state index in [1.54, 1.807) is 12.1 Å². The van der Waals surface area contributed by atoms with E-state index >= 15 is 0 Å². The Labute approximate surface area is 175 Å². The fraction of sp³-hybridized carbons (Fsp3) is 0. The predicted octanol–water partition coefficient (Wildman–Crippen LogP) is 6.78. The van der Waals surface area contributed by atoms with Crippen LogP contribution in [0.2, 0.25) is 0 Å². The minimum atomic E-state index is -0.155. The summed E-state index contributed by atoms with van der Waals surface area (Å²) in [5, 5.41) is 10.0. The third kappa shape index (κ3) is 4.77. The summed E-state index contributed by atoms with van der Waals surface area (Å²) in [7, 11) is 0. The molecule has 0 saturated carbocycles. The van der Waals surface area contributed by atoms with Crippen LogP contribution >= 0.6 is 0 Å². The smallest absolute Gasteiger partial charge is 0.276 e. The van der Waals surface area contributed by atoms with E-state index in [-0.39, 0.29) is 5.91 Å². The maximum Gasteiger partial charge on any atom is 0.276 e. The Morgan fingerprint density at radius 1 is 0.600 bits per heavy atom. The lowest BCUT2D eigenvalue weighted by atomic mass is 10.2. The molecule has 4 aromatic rings. The van der Waals surface area contributed by atoms with Gasteiger partial charge in [0, 0.05) is 5.56 Å². The van der Waals surface area contributed by atoms with Gasteiger partial charge in [-0.3, -0.25) is 10.2 Å². The van der Waals surface area contributed by atoms with Crippen molar-refractivity contribution in [2.45, 2.75) is 0 Å². The third-order valence-electron chi connectivity index (χ3n) is 4.38. The number of anilines is 2. The van der Waals surface area contributed by atoms with E-state index in [9.17, 15) is 4.79 Å². The van der Waals surface area contributed by atoms with E-state index in [1.165, 1.54) is 5.01 Å². The van der Waals surface area contributed by atoms with Gasteiger partial charge in [-0.2, -0.15) is 10.2 Å². The number of hydrazine groups is 1. The van der Waals surface area contributed by atoms with Gasteiger partial charge in [-0.15, -0.1) is 0 Å². The summed E-state index contributed by atoms with van der Waals surface area (Å²) in [4.78, 5) is 13.2. The maximum absolute atomic E-state index is 13.2. The molecule has 0 aliphatic heterocycles. The molecule has 0 radical (unpaired) electrons. The minimum Gasteiger partial charge on any atom is -0.291 e. The zero-order chi connectivity index (χ0) is 20.6. The van der Waals surface area contributed by atoms with Gasteiger partial charge in [0.2, 0.25) is 0 Å². The normalized spacial score (nSPS) is 10.7. The standard InChI is InChI=1S/C25H20N4O/c30-25(20-10-4-1-5-11-20)29(28-23-14-8-3-9-15-23)24-18-16-22(17-19-24)27-26-21-12-6-2-7-13-21/h1-19,28H. The molecule has 4 aromatic carbocycles. The van der Waals surface area contributed by atoms with Crippen molar-refractivity contribution in [2.75, 3.05) is 10.4 Å². The molecule has 30 heavy (non-hydrogen) atoms. The lowest BCUT2D eigenvalue weighted by Gasteiger charge is -2.24. The quantitative estimate of drug-likeness (QED) is 0.290. The maximum atomic E-state index is 13.2. The van der Waals surface area contributed by atoms with Crippen LogP contribution in [0.15, 0.2) is 125 Å². The van der Waals surface area contributed by atoms with E-state index in [0.29, 0.717) is 16.9 Å². The van der Waals surface area contributed by atoms with Crippen molar-refractivity contribution in [2.24, 2.45) is 10.2 Å². The van der Waals surface area contributed by atoms with Crippen LogP contribution in [0.4, 0.5) is 22.7 Å². The molecule has 0 heterocycles. The summed E-state index contributed by atoms with van der Waals surface area (Å²) in [6.45, 7) is 0. The highest BCUT2D eigenvalue weighted by Gasteiger charge is 2.18. The number of rotatable bonds is 6. The third-order valence-corrected chi connectivity index (χ3v) is 4.38. The van der Waals surface area contributed by atoms with Crippen molar-refractivity contribution in [3.8, 4) is 0 Å². The largest absolute Gasteiger partial charge is 0.291 e. The molecule has 0 fully saturated rings. The molecule has 0 aliphatic rings. The second-order valence-electron chi connectivity index (χ2n) is 6.54. The first-order valence-corrected chi connectivity index (χ1v) is 9.58. The van der Waals surface area contributed by atoms with Gasteiger partial charge in [-0.25, -0.2) is 5.01 Å². The van der Waals surface area contributed by atoms with Gasteiger partial charge in [0.1, 0.15) is 0 Å². The predicted molar refractivity (Wildman–Crippen MR) is 120 cm³/mol. The summed E-state index contributed by atoms with van der Waals surface area (Å²) >= 11 is 0. The molecule has 0 unspecified atom stereocenters. The van der Waals surface area contributed by atoms with Crippen molar-refractivity contribution in [1.29, 1.82) is 0 Å². The average molecular weight is 392 g/mol. The van der Waals surface area contributed by atoms with Crippen LogP contribution in [-0.2, 0) is 0 Å². The average Bonchev–Trinajstić information content (AvgIpc) is 2.83. The van der Waals surface area contributed by atoms with Gasteiger partial charge in [-0.1, -0.05) is 54.6 Å². The fourth-order valence-corrected chi connectivity index (χ4v) is 2.86. The second-order valence-corrected chi connectivity index (χ2v) is 6.54. The van der Waals surface area contributed by atoms with Crippen molar-refractivity contribution >= 4 is 28.7 Å². The Hall–Kier alpha value is -4.25. The first kappa shape index (κ1) is 19.1. The van der Waals surface area contributed by atoms with Gasteiger partial charge < -0.3 is 0 Å². The Morgan fingerprint density at radius 2 is 1.10 bits per heavy atom. The Kier molecular flexibility index (Phi) is 5.91. The molecule has 146 valence electrons. The number of amides is 1. The lowest BCUT2D eigenvalue weighted by Crippen LogP contribution is -2.36. The zero-order valence-corrected chi connectivity index (χ0v) is 16.2. The monoisotopic (exact) mass is 392 g/mol. The van der Waals surface area contributed by atoms with Crippen LogP contribution in [0.1, 0.15) is 10.4 Å². The minimum absolute atomic E-state index is 0.155. The van der Waals surface area contributed by atoms with E-state index in [4.69, 9.17) is 0 Å². The number of carbonyl (C=O) groups is 1. The first-order chi connectivity index (χ1) is 14.8. The molecular formula is C25H20N4O. The number of hydrogen-bond donors (Lipinski definition) is 1. The molecule has 0 aliphatic carbocycles. The van der Waals surface area contributed by atoms with Gasteiger partial charge >= 0.3 is 0 Å². The number of para-hydroxylation sites is 1. The highest BCUT2D eigenvalue weighted by Crippen LogP contribution is 2.24. The van der Waals surface area contributed by atoms with Crippen LogP contribution < -0.4 is 10.4 Å². The molecule has 0 saturated heterocycles. The molecule has 1 N–H and O–H groups in total. The summed E-state index contributed by atoms with van der Waals surface area (Å²) in [5.74, 6) is -0.155. The van der Waals surface area contributed by atoms with Crippen molar-refractivity contribution in [3.63, 3.8) is 0 Å². The lowest BCUT2D eigenvalue weighted by molar-refractivity contribution is 0.0992. The number of azo groups is 1. The summed E-state index contributed by atoms with van der Waals surface area (Å²) in [6.07, 6.45) is 0. The van der Waals surface area contributed by atoms with Gasteiger partial charge in [-0.05, 0) is 60.7 Å². The first-order valence-electron chi connectivity index (χ1n) is 9.58. The SMILES string of the molecule is O=C(c1ccccc1)N(Nc1ccccc1)c1ccc(N=Nc2ccccc2)cc1. The van der Waals surface area contributed by atoms with Gasteiger partial charge in [0.05, 0.1) is 22.7 Å². The topological polar surface area (TPSA) is 57.1 Å². The number of carbonyl (C=O) groups excluding carboxylic acids is 1. The fourth-order valence-electron chi connectivity index (χ4n) is 2.86. The van der Waals surface area contributed by atoms with Gasteiger partial charge in [0.25, 0.3) is 5.91 Å². The number of nitrogens with one attached hydrogen (secondary N) is 1. The van der Waals surface area contributed by atoms with Crippen molar-refractivity contribution < 1.29 is 4.79 Å². The number of nitrogens with zero attached hydrogens (tertiary/aromatic N) is 3. The summed E-state index contributed by atoms with van der Waals surface area (Å²) in [5.41, 5.74) is 6.80. The van der Waals surface area contributed by atoms with Crippen LogP contribution in [0, 0.1) is 0 Å². The molecule has 0 bridgehead atoms. The molecule has 0 atom stereocenters. The molecule has 4 rings (SSSR count). The molecule has 5 heteroatoms. The molecule has 0 spiro atoms.